The van der Waals surface area contributed by atoms with Gasteiger partial charge < -0.3 is 5.73 Å². The van der Waals surface area contributed by atoms with Crippen molar-refractivity contribution in [2.75, 3.05) is 0 Å². The number of allylic oxidation sites excluding steroid dienone is 1. The van der Waals surface area contributed by atoms with Crippen molar-refractivity contribution in [3.63, 3.8) is 0 Å². The Hall–Kier alpha value is -1.05. The third kappa shape index (κ3) is 0.780. The molecule has 0 aromatic carbocycles. The molecule has 2 nitrogen and oxygen atoms in total. The number of aliphatic imine (C=N–C) groups is 1. The van der Waals surface area contributed by atoms with E-state index in [4.69, 9.17) is 5.73 Å². The summed E-state index contributed by atoms with van der Waals surface area (Å²) in [6.45, 7) is 3.69. The minimum atomic E-state index is 0.563. The van der Waals surface area contributed by atoms with Crippen molar-refractivity contribution in [1.82, 2.24) is 0 Å². The molecule has 0 fully saturated rings. The average Bonchev–Trinajstić information content (AvgIpc) is 1.77. The average molecular weight is 108 g/mol. The Morgan fingerprint density at radius 2 is 2.50 bits per heavy atom. The van der Waals surface area contributed by atoms with E-state index in [0.29, 0.717) is 5.84 Å². The third-order valence-corrected chi connectivity index (χ3v) is 1.05. The van der Waals surface area contributed by atoms with Gasteiger partial charge in [-0.3, -0.25) is 0 Å². The quantitative estimate of drug-likeness (QED) is 0.490. The molecule has 0 unspecified atom stereocenters. The molecule has 1 rings (SSSR count). The minimum absolute atomic E-state index is 0.563. The van der Waals surface area contributed by atoms with Gasteiger partial charge in [-0.05, 0) is 12.0 Å². The SMILES string of the molecule is C=C1CC=CN=C1N. The van der Waals surface area contributed by atoms with Crippen molar-refractivity contribution in [1.29, 1.82) is 0 Å². The molecule has 2 heteroatoms. The van der Waals surface area contributed by atoms with Gasteiger partial charge in [0.2, 0.25) is 0 Å². The molecule has 0 amide bonds. The molecule has 0 aromatic heterocycles. The molecule has 2 N–H and O–H groups in total. The van der Waals surface area contributed by atoms with E-state index in [9.17, 15) is 0 Å². The first-order valence-corrected chi connectivity index (χ1v) is 2.47. The number of amidine groups is 1. The molecule has 1 aliphatic rings. The van der Waals surface area contributed by atoms with Crippen molar-refractivity contribution >= 4 is 5.84 Å². The highest BCUT2D eigenvalue weighted by Crippen LogP contribution is 2.04. The fourth-order valence-corrected chi connectivity index (χ4v) is 0.524. The van der Waals surface area contributed by atoms with Gasteiger partial charge in [-0.25, -0.2) is 4.99 Å². The highest BCUT2D eigenvalue weighted by Gasteiger charge is 1.98. The van der Waals surface area contributed by atoms with Crippen molar-refractivity contribution in [3.05, 3.63) is 24.4 Å². The largest absolute Gasteiger partial charge is 0.383 e. The summed E-state index contributed by atoms with van der Waals surface area (Å²) in [5, 5.41) is 0. The molecule has 42 valence electrons. The van der Waals surface area contributed by atoms with Crippen LogP contribution in [0.4, 0.5) is 0 Å². The Labute approximate surface area is 48.4 Å². The molecule has 0 saturated heterocycles. The normalized spacial score (nSPS) is 18.5. The molecule has 1 aliphatic heterocycles. The standard InChI is InChI=1S/C6H8N2/c1-5-3-2-4-8-6(5)7/h2,4H,1,3H2,(H2,7,8). The van der Waals surface area contributed by atoms with E-state index in [-0.39, 0.29) is 0 Å². The minimum Gasteiger partial charge on any atom is -0.383 e. The molecule has 0 saturated carbocycles. The molecule has 0 radical (unpaired) electrons. The molecular formula is C6H8N2. The Morgan fingerprint density at radius 1 is 1.75 bits per heavy atom. The summed E-state index contributed by atoms with van der Waals surface area (Å²) >= 11 is 0. The molecule has 8 heavy (non-hydrogen) atoms. The van der Waals surface area contributed by atoms with E-state index in [1.54, 1.807) is 6.20 Å². The summed E-state index contributed by atoms with van der Waals surface area (Å²) in [6.07, 6.45) is 4.47. The number of hydrogen-bond donors (Lipinski definition) is 1. The smallest absolute Gasteiger partial charge is 0.126 e. The van der Waals surface area contributed by atoms with Crippen LogP contribution < -0.4 is 5.73 Å². The van der Waals surface area contributed by atoms with Crippen molar-refractivity contribution in [3.8, 4) is 0 Å². The molecular weight excluding hydrogens is 100 g/mol. The monoisotopic (exact) mass is 108 g/mol. The van der Waals surface area contributed by atoms with Crippen LogP contribution in [0.25, 0.3) is 0 Å². The van der Waals surface area contributed by atoms with Crippen molar-refractivity contribution < 1.29 is 0 Å². The molecule has 0 aliphatic carbocycles. The summed E-state index contributed by atoms with van der Waals surface area (Å²) in [5.74, 6) is 0.563. The first kappa shape index (κ1) is 5.09. The molecule has 0 spiro atoms. The molecule has 0 atom stereocenters. The van der Waals surface area contributed by atoms with Crippen LogP contribution in [0.5, 0.6) is 0 Å². The maximum Gasteiger partial charge on any atom is 0.126 e. The maximum absolute atomic E-state index is 5.38. The third-order valence-electron chi connectivity index (χ3n) is 1.05. The van der Waals surface area contributed by atoms with Crippen molar-refractivity contribution in [2.24, 2.45) is 10.7 Å². The highest BCUT2D eigenvalue weighted by atomic mass is 14.8. The zero-order valence-electron chi connectivity index (χ0n) is 4.59. The van der Waals surface area contributed by atoms with Gasteiger partial charge in [-0.1, -0.05) is 12.7 Å². The predicted octanol–water partition coefficient (Wildman–Crippen LogP) is 0.817. The van der Waals surface area contributed by atoms with Gasteiger partial charge >= 0.3 is 0 Å². The van der Waals surface area contributed by atoms with Gasteiger partial charge in [0.15, 0.2) is 0 Å². The van der Waals surface area contributed by atoms with Gasteiger partial charge in [-0.2, -0.15) is 0 Å². The zero-order chi connectivity index (χ0) is 5.98. The van der Waals surface area contributed by atoms with E-state index in [1.807, 2.05) is 6.08 Å². The van der Waals surface area contributed by atoms with Gasteiger partial charge in [0.1, 0.15) is 5.84 Å². The Bertz CT molecular complexity index is 165. The summed E-state index contributed by atoms with van der Waals surface area (Å²) in [5.41, 5.74) is 6.29. The van der Waals surface area contributed by atoms with Crippen LogP contribution in [0.1, 0.15) is 6.42 Å². The van der Waals surface area contributed by atoms with Crippen molar-refractivity contribution in [2.45, 2.75) is 6.42 Å². The van der Waals surface area contributed by atoms with Crippen LogP contribution in [0.15, 0.2) is 29.4 Å². The lowest BCUT2D eigenvalue weighted by molar-refractivity contribution is 1.24. The molecule has 0 bridgehead atoms. The highest BCUT2D eigenvalue weighted by molar-refractivity contribution is 5.97. The Kier molecular flexibility index (Phi) is 1.16. The summed E-state index contributed by atoms with van der Waals surface area (Å²) in [4.78, 5) is 3.83. The lowest BCUT2D eigenvalue weighted by Crippen LogP contribution is -2.14. The fraction of sp³-hybridized carbons (Fsp3) is 0.167. The van der Waals surface area contributed by atoms with E-state index < -0.39 is 0 Å². The molecule has 1 heterocycles. The first-order chi connectivity index (χ1) is 3.80. The van der Waals surface area contributed by atoms with Crippen LogP contribution in [0, 0.1) is 0 Å². The van der Waals surface area contributed by atoms with Gasteiger partial charge in [0, 0.05) is 6.20 Å². The van der Waals surface area contributed by atoms with Crippen LogP contribution in [-0.2, 0) is 0 Å². The number of nitrogens with two attached hydrogens (primary N) is 1. The van der Waals surface area contributed by atoms with Crippen LogP contribution >= 0.6 is 0 Å². The number of hydrogen-bond acceptors (Lipinski definition) is 2. The van der Waals surface area contributed by atoms with Crippen LogP contribution in [-0.4, -0.2) is 5.84 Å². The first-order valence-electron chi connectivity index (χ1n) is 2.47. The predicted molar refractivity (Wildman–Crippen MR) is 34.5 cm³/mol. The Balaban J connectivity index is 2.80. The summed E-state index contributed by atoms with van der Waals surface area (Å²) in [6, 6.07) is 0. The van der Waals surface area contributed by atoms with Crippen LogP contribution in [0.2, 0.25) is 0 Å². The van der Waals surface area contributed by atoms with E-state index >= 15 is 0 Å². The lowest BCUT2D eigenvalue weighted by Gasteiger charge is -2.02. The zero-order valence-corrected chi connectivity index (χ0v) is 4.59. The van der Waals surface area contributed by atoms with E-state index in [2.05, 4.69) is 11.6 Å². The summed E-state index contributed by atoms with van der Waals surface area (Å²) in [7, 11) is 0. The van der Waals surface area contributed by atoms with Crippen LogP contribution in [0.3, 0.4) is 0 Å². The summed E-state index contributed by atoms with van der Waals surface area (Å²) < 4.78 is 0. The fourth-order valence-electron chi connectivity index (χ4n) is 0.524. The second-order valence-corrected chi connectivity index (χ2v) is 1.71. The second kappa shape index (κ2) is 1.82. The maximum atomic E-state index is 5.38. The Morgan fingerprint density at radius 3 is 2.88 bits per heavy atom. The van der Waals surface area contributed by atoms with Gasteiger partial charge in [0.25, 0.3) is 0 Å². The molecule has 0 aromatic rings. The topological polar surface area (TPSA) is 38.4 Å². The van der Waals surface area contributed by atoms with Gasteiger partial charge in [-0.15, -0.1) is 0 Å². The van der Waals surface area contributed by atoms with E-state index in [0.717, 1.165) is 12.0 Å². The lowest BCUT2D eigenvalue weighted by atomic mass is 10.2. The number of rotatable bonds is 0. The number of nitrogens with zero attached hydrogens (tertiary/aromatic N) is 1. The second-order valence-electron chi connectivity index (χ2n) is 1.71. The van der Waals surface area contributed by atoms with E-state index in [1.165, 1.54) is 0 Å². The van der Waals surface area contributed by atoms with Gasteiger partial charge in [0.05, 0.1) is 0 Å².